The van der Waals surface area contributed by atoms with Gasteiger partial charge in [0.2, 0.25) is 0 Å². The van der Waals surface area contributed by atoms with Crippen molar-refractivity contribution >= 4 is 19.1 Å². The van der Waals surface area contributed by atoms with Crippen LogP contribution in [0.15, 0.2) is 15.8 Å². The Morgan fingerprint density at radius 1 is 1.29 bits per heavy atom. The number of esters is 2. The van der Waals surface area contributed by atoms with Gasteiger partial charge < -0.3 is 18.8 Å². The van der Waals surface area contributed by atoms with E-state index in [2.05, 4.69) is 9.72 Å². The van der Waals surface area contributed by atoms with Crippen molar-refractivity contribution in [2.75, 3.05) is 26.6 Å². The lowest BCUT2D eigenvalue weighted by Gasteiger charge is -2.26. The Kier molecular flexibility index (Phi) is 7.99. The third-order valence-electron chi connectivity index (χ3n) is 4.94. The molecule has 0 aliphatic carbocycles. The fraction of sp³-hybridized carbons (Fsp3) is 0.684. The lowest BCUT2D eigenvalue weighted by atomic mass is 10.0. The molecule has 0 saturated carbocycles. The van der Waals surface area contributed by atoms with Gasteiger partial charge in [0, 0.05) is 17.9 Å². The van der Waals surface area contributed by atoms with Gasteiger partial charge in [-0.3, -0.25) is 23.9 Å². The van der Waals surface area contributed by atoms with Crippen molar-refractivity contribution in [2.45, 2.75) is 51.3 Å². The van der Waals surface area contributed by atoms with Crippen molar-refractivity contribution in [3.63, 3.8) is 0 Å². The second-order valence-electron chi connectivity index (χ2n) is 8.18. The van der Waals surface area contributed by atoms with Gasteiger partial charge in [0.05, 0.1) is 27.1 Å². The molecule has 0 radical (unpaired) electrons. The zero-order valence-electron chi connectivity index (χ0n) is 18.1. The van der Waals surface area contributed by atoms with E-state index < -0.39 is 60.9 Å². The zero-order chi connectivity index (χ0) is 23.5. The molecule has 1 saturated heterocycles. The topological polar surface area (TPSA) is 134 Å². The first-order valence-electron chi connectivity index (χ1n) is 9.76. The fourth-order valence-electron chi connectivity index (χ4n) is 3.56. The molecular weight excluding hydrogens is 434 g/mol. The van der Waals surface area contributed by atoms with Crippen LogP contribution in [0.1, 0.15) is 31.6 Å². The van der Waals surface area contributed by atoms with Crippen molar-refractivity contribution in [1.82, 2.24) is 9.55 Å². The van der Waals surface area contributed by atoms with Gasteiger partial charge in [0.15, 0.2) is 18.5 Å². The number of methoxy groups -OCH3 is 1. The Bertz CT molecular complexity index is 984. The van der Waals surface area contributed by atoms with Crippen LogP contribution in [0.3, 0.4) is 0 Å². The molecule has 0 unspecified atom stereocenters. The summed E-state index contributed by atoms with van der Waals surface area (Å²) in [6.45, 7) is 6.30. The second-order valence-corrected chi connectivity index (χ2v) is 11.7. The smallest absolute Gasteiger partial charge is 0.330 e. The summed E-state index contributed by atoms with van der Waals surface area (Å²) in [4.78, 5) is 49.4. The van der Waals surface area contributed by atoms with Crippen LogP contribution < -0.4 is 11.2 Å². The number of hydrogen-bond donors (Lipinski definition) is 1. The molecule has 10 nitrogen and oxygen atoms in total. The van der Waals surface area contributed by atoms with Crippen molar-refractivity contribution < 1.29 is 32.8 Å². The summed E-state index contributed by atoms with van der Waals surface area (Å²) in [5, 5.41) is 0. The molecule has 0 amide bonds. The van der Waals surface area contributed by atoms with Gasteiger partial charge in [-0.05, 0) is 26.2 Å². The first-order chi connectivity index (χ1) is 14.3. The first-order valence-corrected chi connectivity index (χ1v) is 12.5. The van der Waals surface area contributed by atoms with Gasteiger partial charge in [0.1, 0.15) is 6.10 Å². The first kappa shape index (κ1) is 25.0. The van der Waals surface area contributed by atoms with E-state index in [0.29, 0.717) is 0 Å². The summed E-state index contributed by atoms with van der Waals surface area (Å²) in [7, 11) is -1.34. The fourth-order valence-corrected chi connectivity index (χ4v) is 5.15. The van der Waals surface area contributed by atoms with Crippen LogP contribution in [0, 0.1) is 12.8 Å². The van der Waals surface area contributed by atoms with Crippen LogP contribution in [0.4, 0.5) is 4.39 Å². The molecule has 5 atom stereocenters. The second kappa shape index (κ2) is 9.91. The van der Waals surface area contributed by atoms with E-state index in [0.717, 1.165) is 4.57 Å². The Morgan fingerprint density at radius 3 is 2.48 bits per heavy atom. The zero-order valence-corrected chi connectivity index (χ0v) is 19.0. The van der Waals surface area contributed by atoms with Gasteiger partial charge in [-0.2, -0.15) is 0 Å². The Labute approximate surface area is 178 Å². The summed E-state index contributed by atoms with van der Waals surface area (Å²) in [5.41, 5.74) is -1.31. The minimum absolute atomic E-state index is 0.171. The summed E-state index contributed by atoms with van der Waals surface area (Å²) >= 11 is 0. The molecule has 1 aliphatic heterocycles. The highest BCUT2D eigenvalue weighted by Crippen LogP contribution is 2.43. The summed E-state index contributed by atoms with van der Waals surface area (Å²) < 4.78 is 44.1. The highest BCUT2D eigenvalue weighted by Gasteiger charge is 2.51. The molecule has 1 N–H and O–H groups in total. The predicted octanol–water partition coefficient (Wildman–Crippen LogP) is 1.20. The number of aromatic amines is 1. The average Bonchev–Trinajstić information content (AvgIpc) is 2.98. The molecule has 2 rings (SSSR count). The number of alkyl halides is 1. The van der Waals surface area contributed by atoms with Crippen LogP contribution in [0.5, 0.6) is 0 Å². The van der Waals surface area contributed by atoms with E-state index in [1.807, 2.05) is 0 Å². The number of halogens is 1. The number of hydrogen-bond acceptors (Lipinski definition) is 8. The van der Waals surface area contributed by atoms with Gasteiger partial charge in [0.25, 0.3) is 5.56 Å². The molecule has 174 valence electrons. The summed E-state index contributed by atoms with van der Waals surface area (Å²) in [6, 6.07) is 0. The maximum absolute atomic E-state index is 15.4. The van der Waals surface area contributed by atoms with Gasteiger partial charge in [-0.1, -0.05) is 6.92 Å². The molecule has 0 aromatic carbocycles. The highest BCUT2D eigenvalue weighted by atomic mass is 31.2. The third kappa shape index (κ3) is 6.36. The monoisotopic (exact) mass is 462 g/mol. The number of nitrogens with one attached hydrogen (secondary N) is 1. The number of ether oxygens (including phenoxy) is 3. The SMILES string of the molecule is COC(=O)CCC(=O)O[C@H]1[C@@H](F)[C@H](n2cc(C)c(=O)[nH]c2=O)O[C@@H]1[C@@H](C)CP(C)(C)=O. The quantitative estimate of drug-likeness (QED) is 0.450. The minimum Gasteiger partial charge on any atom is -0.469 e. The van der Waals surface area contributed by atoms with Crippen LogP contribution in [0.25, 0.3) is 0 Å². The maximum Gasteiger partial charge on any atom is 0.330 e. The van der Waals surface area contributed by atoms with E-state index >= 15 is 4.39 Å². The van der Waals surface area contributed by atoms with Gasteiger partial charge in [-0.25, -0.2) is 9.18 Å². The van der Waals surface area contributed by atoms with E-state index in [-0.39, 0.29) is 24.6 Å². The molecule has 1 aromatic rings. The maximum atomic E-state index is 15.4. The highest BCUT2D eigenvalue weighted by molar-refractivity contribution is 7.62. The molecule has 1 fully saturated rings. The van der Waals surface area contributed by atoms with Crippen molar-refractivity contribution in [2.24, 2.45) is 5.92 Å². The molecule has 0 bridgehead atoms. The predicted molar refractivity (Wildman–Crippen MR) is 109 cm³/mol. The van der Waals surface area contributed by atoms with Crippen molar-refractivity contribution in [3.05, 3.63) is 32.6 Å². The Hall–Kier alpha value is -2.26. The third-order valence-corrected chi connectivity index (χ3v) is 6.40. The van der Waals surface area contributed by atoms with Crippen LogP contribution in [0.2, 0.25) is 0 Å². The standard InChI is InChI=1S/C19H28FN2O8P/c1-10-8-22(19(26)21-17(10)25)18-14(20)16(29-13(24)7-6-12(23)28-3)15(30-18)11(2)9-31(4,5)27/h8,11,14-16,18H,6-7,9H2,1-5H3,(H,21,25,26)/t11-,14+,15+,16-,18+/m0/s1. The Morgan fingerprint density at radius 2 is 1.90 bits per heavy atom. The summed E-state index contributed by atoms with van der Waals surface area (Å²) in [6.07, 6.45) is -4.96. The molecule has 31 heavy (non-hydrogen) atoms. The molecule has 0 spiro atoms. The largest absolute Gasteiger partial charge is 0.469 e. The van der Waals surface area contributed by atoms with Crippen LogP contribution >= 0.6 is 7.14 Å². The molecule has 1 aromatic heterocycles. The normalized spacial score (nSPS) is 24.6. The van der Waals surface area contributed by atoms with Crippen molar-refractivity contribution in [3.8, 4) is 0 Å². The lowest BCUT2D eigenvalue weighted by Crippen LogP contribution is -2.39. The number of aromatic nitrogens is 2. The molecule has 1 aliphatic rings. The van der Waals surface area contributed by atoms with Gasteiger partial charge >= 0.3 is 17.6 Å². The Balaban J connectivity index is 2.32. The average molecular weight is 462 g/mol. The van der Waals surface area contributed by atoms with E-state index in [9.17, 15) is 23.7 Å². The van der Waals surface area contributed by atoms with Crippen LogP contribution in [-0.4, -0.2) is 66.5 Å². The van der Waals surface area contributed by atoms with Crippen molar-refractivity contribution in [1.29, 1.82) is 0 Å². The number of nitrogens with zero attached hydrogens (tertiary/aromatic N) is 1. The van der Waals surface area contributed by atoms with E-state index in [1.54, 1.807) is 20.3 Å². The molecule has 12 heteroatoms. The molecule has 2 heterocycles. The summed E-state index contributed by atoms with van der Waals surface area (Å²) in [5.74, 6) is -1.92. The number of aryl methyl sites for hydroxylation is 1. The number of H-pyrrole nitrogens is 1. The minimum atomic E-state index is -2.52. The number of carbonyl (C=O) groups excluding carboxylic acids is 2. The van der Waals surface area contributed by atoms with Gasteiger partial charge in [-0.15, -0.1) is 0 Å². The van der Waals surface area contributed by atoms with E-state index in [1.165, 1.54) is 20.2 Å². The number of carbonyl (C=O) groups is 2. The number of rotatable bonds is 8. The van der Waals surface area contributed by atoms with E-state index in [4.69, 9.17) is 9.47 Å². The van der Waals surface area contributed by atoms with Crippen LogP contribution in [-0.2, 0) is 28.4 Å². The molecular formula is C19H28FN2O8P. The lowest BCUT2D eigenvalue weighted by molar-refractivity contribution is -0.157.